The highest BCUT2D eigenvalue weighted by Crippen LogP contribution is 2.21. The smallest absolute Gasteiger partial charge is 0.252 e. The van der Waals surface area contributed by atoms with Crippen LogP contribution in [0.15, 0.2) is 53.7 Å². The lowest BCUT2D eigenvalue weighted by Gasteiger charge is -2.14. The zero-order chi connectivity index (χ0) is 21.7. The normalized spacial score (nSPS) is 11.7. The Hall–Kier alpha value is -2.84. The van der Waals surface area contributed by atoms with E-state index in [4.69, 9.17) is 11.6 Å². The Bertz CT molecular complexity index is 1070. The fourth-order valence-electron chi connectivity index (χ4n) is 2.89. The van der Waals surface area contributed by atoms with Gasteiger partial charge in [-0.05, 0) is 43.7 Å². The maximum Gasteiger partial charge on any atom is 0.252 e. The maximum atomic E-state index is 12.5. The lowest BCUT2D eigenvalue weighted by molar-refractivity contribution is -0.113. The van der Waals surface area contributed by atoms with Crippen LogP contribution in [0.25, 0.3) is 0 Å². The number of nitrogens with zero attached hydrogens (tertiary/aromatic N) is 3. The minimum absolute atomic E-state index is 0.168. The van der Waals surface area contributed by atoms with Crippen molar-refractivity contribution >= 4 is 40.9 Å². The summed E-state index contributed by atoms with van der Waals surface area (Å²) in [7, 11) is 1.81. The van der Waals surface area contributed by atoms with E-state index in [0.717, 1.165) is 5.56 Å². The molecule has 1 heterocycles. The van der Waals surface area contributed by atoms with Crippen molar-refractivity contribution < 1.29 is 9.59 Å². The second kappa shape index (κ2) is 9.77. The molecule has 3 aromatic rings. The molecular weight excluding hydrogens is 422 g/mol. The number of rotatable bonds is 7. The molecule has 0 saturated carbocycles. The number of nitrogens with one attached hydrogen (secondary N) is 2. The van der Waals surface area contributed by atoms with Gasteiger partial charge in [0.1, 0.15) is 0 Å². The lowest BCUT2D eigenvalue weighted by atomic mass is 10.1. The summed E-state index contributed by atoms with van der Waals surface area (Å²) < 4.78 is 1.78. The third-order valence-electron chi connectivity index (χ3n) is 4.43. The number of anilines is 1. The van der Waals surface area contributed by atoms with Crippen molar-refractivity contribution in [3.8, 4) is 0 Å². The molecule has 0 aliphatic heterocycles. The van der Waals surface area contributed by atoms with Crippen LogP contribution in [0.5, 0.6) is 0 Å². The predicted molar refractivity (Wildman–Crippen MR) is 119 cm³/mol. The Morgan fingerprint density at radius 1 is 1.17 bits per heavy atom. The number of amides is 2. The van der Waals surface area contributed by atoms with E-state index in [0.29, 0.717) is 27.3 Å². The molecule has 0 aliphatic carbocycles. The van der Waals surface area contributed by atoms with Crippen molar-refractivity contribution in [3.63, 3.8) is 0 Å². The molecule has 9 heteroatoms. The van der Waals surface area contributed by atoms with Crippen molar-refractivity contribution in [3.05, 3.63) is 70.5 Å². The van der Waals surface area contributed by atoms with Gasteiger partial charge in [0.2, 0.25) is 5.91 Å². The largest absolute Gasteiger partial charge is 0.342 e. The Morgan fingerprint density at radius 2 is 1.93 bits per heavy atom. The Labute approximate surface area is 184 Å². The van der Waals surface area contributed by atoms with Crippen molar-refractivity contribution in [1.29, 1.82) is 0 Å². The first-order valence-corrected chi connectivity index (χ1v) is 10.7. The number of halogens is 1. The summed E-state index contributed by atoms with van der Waals surface area (Å²) in [5.41, 5.74) is 2.17. The Kier molecular flexibility index (Phi) is 7.12. The second-order valence-corrected chi connectivity index (χ2v) is 8.14. The van der Waals surface area contributed by atoms with Gasteiger partial charge in [0.25, 0.3) is 5.91 Å². The van der Waals surface area contributed by atoms with Gasteiger partial charge in [-0.25, -0.2) is 0 Å². The van der Waals surface area contributed by atoms with Crippen molar-refractivity contribution in [2.45, 2.75) is 25.0 Å². The van der Waals surface area contributed by atoms with Gasteiger partial charge in [-0.1, -0.05) is 47.6 Å². The van der Waals surface area contributed by atoms with Crippen LogP contribution in [0.1, 0.15) is 34.7 Å². The number of hydrogen-bond acceptors (Lipinski definition) is 5. The van der Waals surface area contributed by atoms with Crippen LogP contribution < -0.4 is 10.6 Å². The molecule has 0 aliphatic rings. The average molecular weight is 444 g/mol. The first kappa shape index (κ1) is 21.9. The molecule has 0 radical (unpaired) electrons. The third-order valence-corrected chi connectivity index (χ3v) is 5.69. The molecule has 30 heavy (non-hydrogen) atoms. The van der Waals surface area contributed by atoms with Gasteiger partial charge >= 0.3 is 0 Å². The number of carbonyl (C=O) groups is 2. The number of carbonyl (C=O) groups excluding carboxylic acids is 2. The van der Waals surface area contributed by atoms with E-state index in [9.17, 15) is 9.59 Å². The predicted octanol–water partition coefficient (Wildman–Crippen LogP) is 4.00. The maximum absolute atomic E-state index is 12.5. The molecule has 0 unspecified atom stereocenters. The third kappa shape index (κ3) is 5.40. The number of hydrogen-bond donors (Lipinski definition) is 2. The van der Waals surface area contributed by atoms with Gasteiger partial charge in [0.05, 0.1) is 11.8 Å². The summed E-state index contributed by atoms with van der Waals surface area (Å²) in [5, 5.41) is 15.2. The Balaban J connectivity index is 1.59. The molecule has 0 fully saturated rings. The van der Waals surface area contributed by atoms with Crippen LogP contribution in [0.2, 0.25) is 5.02 Å². The summed E-state index contributed by atoms with van der Waals surface area (Å²) in [5.74, 6) is 0.434. The van der Waals surface area contributed by atoms with E-state index in [-0.39, 0.29) is 23.6 Å². The summed E-state index contributed by atoms with van der Waals surface area (Å²) in [4.78, 5) is 24.7. The Morgan fingerprint density at radius 3 is 2.67 bits per heavy atom. The van der Waals surface area contributed by atoms with Crippen molar-refractivity contribution in [1.82, 2.24) is 20.1 Å². The fraction of sp³-hybridized carbons (Fsp3) is 0.238. The summed E-state index contributed by atoms with van der Waals surface area (Å²) >= 11 is 7.20. The first-order chi connectivity index (χ1) is 14.3. The van der Waals surface area contributed by atoms with Crippen molar-refractivity contribution in [2.24, 2.45) is 7.05 Å². The standard InChI is InChI=1S/C21H22ClN5O2S/c1-13-7-4-5-10-17(13)20(29)23-14(2)19-25-26-21(27(19)3)30-12-18(28)24-16-9-6-8-15(22)11-16/h4-11,14H,12H2,1-3H3,(H,23,29)(H,24,28)/t14-/m0/s1. The van der Waals surface area contributed by atoms with E-state index in [1.165, 1.54) is 11.8 Å². The minimum atomic E-state index is -0.343. The quantitative estimate of drug-likeness (QED) is 0.539. The molecule has 156 valence electrons. The van der Waals surface area contributed by atoms with E-state index in [1.807, 2.05) is 39.1 Å². The van der Waals surface area contributed by atoms with Gasteiger partial charge in [-0.2, -0.15) is 0 Å². The zero-order valence-electron chi connectivity index (χ0n) is 16.8. The van der Waals surface area contributed by atoms with Crippen LogP contribution in [0, 0.1) is 6.92 Å². The van der Waals surface area contributed by atoms with Crippen LogP contribution >= 0.6 is 23.4 Å². The average Bonchev–Trinajstić information content (AvgIpc) is 3.07. The summed E-state index contributed by atoms with van der Waals surface area (Å²) in [6.07, 6.45) is 0. The highest BCUT2D eigenvalue weighted by Gasteiger charge is 2.19. The number of aryl methyl sites for hydroxylation is 1. The molecule has 0 saturated heterocycles. The summed E-state index contributed by atoms with van der Waals surface area (Å²) in [6, 6.07) is 14.0. The molecule has 0 spiro atoms. The SMILES string of the molecule is Cc1ccccc1C(=O)N[C@@H](C)c1nnc(SCC(=O)Nc2cccc(Cl)c2)n1C. The molecule has 1 atom stereocenters. The van der Waals surface area contributed by atoms with Gasteiger partial charge in [0, 0.05) is 23.3 Å². The van der Waals surface area contributed by atoms with Crippen LogP contribution in [0.4, 0.5) is 5.69 Å². The molecule has 2 aromatic carbocycles. The van der Waals surface area contributed by atoms with Gasteiger partial charge in [0.15, 0.2) is 11.0 Å². The van der Waals surface area contributed by atoms with Crippen LogP contribution in [-0.2, 0) is 11.8 Å². The van der Waals surface area contributed by atoms with E-state index >= 15 is 0 Å². The number of benzene rings is 2. The molecule has 0 bridgehead atoms. The molecule has 7 nitrogen and oxygen atoms in total. The first-order valence-electron chi connectivity index (χ1n) is 9.29. The molecule has 2 amide bonds. The lowest BCUT2D eigenvalue weighted by Crippen LogP contribution is -2.29. The minimum Gasteiger partial charge on any atom is -0.342 e. The number of aromatic nitrogens is 3. The fourth-order valence-corrected chi connectivity index (χ4v) is 3.80. The highest BCUT2D eigenvalue weighted by atomic mass is 35.5. The zero-order valence-corrected chi connectivity index (χ0v) is 18.4. The van der Waals surface area contributed by atoms with E-state index < -0.39 is 0 Å². The monoisotopic (exact) mass is 443 g/mol. The van der Waals surface area contributed by atoms with E-state index in [2.05, 4.69) is 20.8 Å². The molecule has 3 rings (SSSR count). The second-order valence-electron chi connectivity index (χ2n) is 6.76. The van der Waals surface area contributed by atoms with Crippen molar-refractivity contribution in [2.75, 3.05) is 11.1 Å². The summed E-state index contributed by atoms with van der Waals surface area (Å²) in [6.45, 7) is 3.74. The number of thioether (sulfide) groups is 1. The van der Waals surface area contributed by atoms with Crippen LogP contribution in [0.3, 0.4) is 0 Å². The molecule has 2 N–H and O–H groups in total. The molecule has 1 aromatic heterocycles. The van der Waals surface area contributed by atoms with Gasteiger partial charge < -0.3 is 15.2 Å². The van der Waals surface area contributed by atoms with Gasteiger partial charge in [-0.15, -0.1) is 10.2 Å². The highest BCUT2D eigenvalue weighted by molar-refractivity contribution is 7.99. The van der Waals surface area contributed by atoms with E-state index in [1.54, 1.807) is 34.9 Å². The van der Waals surface area contributed by atoms with Gasteiger partial charge in [-0.3, -0.25) is 9.59 Å². The topological polar surface area (TPSA) is 88.9 Å². The molecular formula is C21H22ClN5O2S. The van der Waals surface area contributed by atoms with Crippen LogP contribution in [-0.4, -0.2) is 32.3 Å².